The van der Waals surface area contributed by atoms with E-state index in [1.165, 1.54) is 16.3 Å². The third-order valence-corrected chi connectivity index (χ3v) is 7.25. The summed E-state index contributed by atoms with van der Waals surface area (Å²) < 4.78 is 29.1. The van der Waals surface area contributed by atoms with Crippen LogP contribution >= 0.6 is 11.6 Å². The van der Waals surface area contributed by atoms with Gasteiger partial charge in [-0.1, -0.05) is 17.7 Å². The third-order valence-electron chi connectivity index (χ3n) is 4.90. The van der Waals surface area contributed by atoms with Crippen LogP contribution < -0.4 is 0 Å². The van der Waals surface area contributed by atoms with Gasteiger partial charge in [0.2, 0.25) is 10.0 Å². The van der Waals surface area contributed by atoms with E-state index >= 15 is 0 Å². The van der Waals surface area contributed by atoms with E-state index < -0.39 is 10.0 Å². The first kappa shape index (κ1) is 21.3. The zero-order chi connectivity index (χ0) is 21.5. The molecule has 3 rings (SSSR count). The first-order valence-corrected chi connectivity index (χ1v) is 10.7. The van der Waals surface area contributed by atoms with E-state index in [0.717, 1.165) is 5.52 Å². The maximum atomic E-state index is 13.0. The quantitative estimate of drug-likeness (QED) is 0.618. The minimum atomic E-state index is -3.74. The molecule has 0 aliphatic carbocycles. The summed E-state index contributed by atoms with van der Waals surface area (Å²) >= 11 is 6.10. The van der Waals surface area contributed by atoms with E-state index in [1.54, 1.807) is 51.4 Å². The predicted molar refractivity (Wildman–Crippen MR) is 114 cm³/mol. The SMILES string of the molecule is Cc1c(Cl)cccc1S(=O)(=O)N(C)Cc1nc2cc(C(=O)N(C)C)ccc2n1C. The fourth-order valence-electron chi connectivity index (χ4n) is 3.10. The van der Waals surface area contributed by atoms with E-state index in [2.05, 4.69) is 4.98 Å². The summed E-state index contributed by atoms with van der Waals surface area (Å²) in [7, 11) is 2.97. The number of halogens is 1. The molecule has 2 aromatic carbocycles. The van der Waals surface area contributed by atoms with Gasteiger partial charge < -0.3 is 9.47 Å². The number of aromatic nitrogens is 2. The van der Waals surface area contributed by atoms with Crippen LogP contribution in [0.25, 0.3) is 11.0 Å². The zero-order valence-corrected chi connectivity index (χ0v) is 18.5. The summed E-state index contributed by atoms with van der Waals surface area (Å²) in [5.74, 6) is 0.454. The Kier molecular flexibility index (Phi) is 5.71. The topological polar surface area (TPSA) is 75.5 Å². The predicted octanol–water partition coefficient (Wildman–Crippen LogP) is 3.06. The molecular formula is C20H23ClN4O3S. The number of imidazole rings is 1. The number of hydrogen-bond acceptors (Lipinski definition) is 4. The highest BCUT2D eigenvalue weighted by Crippen LogP contribution is 2.26. The van der Waals surface area contributed by atoms with Crippen molar-refractivity contribution in [3.63, 3.8) is 0 Å². The number of aryl methyl sites for hydroxylation is 1. The Balaban J connectivity index is 1.96. The van der Waals surface area contributed by atoms with E-state index in [1.807, 2.05) is 17.7 Å². The summed E-state index contributed by atoms with van der Waals surface area (Å²) in [4.78, 5) is 18.4. The smallest absolute Gasteiger partial charge is 0.253 e. The van der Waals surface area contributed by atoms with Gasteiger partial charge in [0.05, 0.1) is 22.5 Å². The number of carbonyl (C=O) groups is 1. The molecule has 1 aromatic heterocycles. The minimum absolute atomic E-state index is 0.0798. The molecule has 154 valence electrons. The average Bonchev–Trinajstić information content (AvgIpc) is 2.97. The molecular weight excluding hydrogens is 412 g/mol. The highest BCUT2D eigenvalue weighted by Gasteiger charge is 2.25. The van der Waals surface area contributed by atoms with Gasteiger partial charge in [-0.2, -0.15) is 4.31 Å². The van der Waals surface area contributed by atoms with Crippen LogP contribution in [-0.2, 0) is 23.6 Å². The lowest BCUT2D eigenvalue weighted by Crippen LogP contribution is -2.28. The van der Waals surface area contributed by atoms with Crippen LogP contribution in [0.4, 0.5) is 0 Å². The second-order valence-electron chi connectivity index (χ2n) is 7.11. The van der Waals surface area contributed by atoms with Crippen LogP contribution in [-0.4, -0.2) is 54.2 Å². The summed E-state index contributed by atoms with van der Waals surface area (Å²) in [5, 5.41) is 0.403. The van der Waals surface area contributed by atoms with Crippen molar-refractivity contribution < 1.29 is 13.2 Å². The van der Waals surface area contributed by atoms with Crippen LogP contribution in [0.3, 0.4) is 0 Å². The van der Waals surface area contributed by atoms with Crippen LogP contribution in [0.5, 0.6) is 0 Å². The van der Waals surface area contributed by atoms with Crippen LogP contribution in [0.2, 0.25) is 5.02 Å². The minimum Gasteiger partial charge on any atom is -0.345 e. The number of amides is 1. The third kappa shape index (κ3) is 3.88. The number of nitrogens with zero attached hydrogens (tertiary/aromatic N) is 4. The van der Waals surface area contributed by atoms with Gasteiger partial charge in [-0.25, -0.2) is 13.4 Å². The Hall–Kier alpha value is -2.42. The van der Waals surface area contributed by atoms with Crippen LogP contribution in [0.1, 0.15) is 21.7 Å². The highest BCUT2D eigenvalue weighted by atomic mass is 35.5. The first-order valence-electron chi connectivity index (χ1n) is 8.92. The number of benzene rings is 2. The Morgan fingerprint density at radius 1 is 1.17 bits per heavy atom. The number of carbonyl (C=O) groups excluding carboxylic acids is 1. The van der Waals surface area contributed by atoms with Crippen molar-refractivity contribution in [3.8, 4) is 0 Å². The van der Waals surface area contributed by atoms with Gasteiger partial charge in [0.15, 0.2) is 0 Å². The Morgan fingerprint density at radius 2 is 1.86 bits per heavy atom. The molecule has 0 aliphatic heterocycles. The fraction of sp³-hybridized carbons (Fsp3) is 0.300. The molecule has 0 aliphatic rings. The number of sulfonamides is 1. The maximum absolute atomic E-state index is 13.0. The molecule has 1 amide bonds. The van der Waals surface area contributed by atoms with E-state index in [4.69, 9.17) is 11.6 Å². The monoisotopic (exact) mass is 434 g/mol. The molecule has 0 atom stereocenters. The van der Waals surface area contributed by atoms with Crippen LogP contribution in [0, 0.1) is 6.92 Å². The molecule has 0 spiro atoms. The number of rotatable bonds is 5. The molecule has 0 radical (unpaired) electrons. The number of hydrogen-bond donors (Lipinski definition) is 0. The molecule has 0 saturated carbocycles. The van der Waals surface area contributed by atoms with Crippen molar-refractivity contribution in [2.45, 2.75) is 18.4 Å². The van der Waals surface area contributed by atoms with Gasteiger partial charge >= 0.3 is 0 Å². The molecule has 29 heavy (non-hydrogen) atoms. The Bertz CT molecular complexity index is 1200. The van der Waals surface area contributed by atoms with Gasteiger partial charge in [-0.15, -0.1) is 0 Å². The van der Waals surface area contributed by atoms with Gasteiger partial charge in [0.25, 0.3) is 5.91 Å². The maximum Gasteiger partial charge on any atom is 0.253 e. The van der Waals surface area contributed by atoms with Crippen molar-refractivity contribution >= 4 is 38.6 Å². The standard InChI is InChI=1S/C20H23ClN4O3S/c1-13-15(21)7-6-8-18(13)29(27,28)24(4)12-19-22-16-11-14(20(26)23(2)3)9-10-17(16)25(19)5/h6-11H,12H2,1-5H3. The van der Waals surface area contributed by atoms with Crippen molar-refractivity contribution in [2.24, 2.45) is 7.05 Å². The summed E-state index contributed by atoms with van der Waals surface area (Å²) in [5.41, 5.74) is 2.50. The average molecular weight is 435 g/mol. The van der Waals surface area contributed by atoms with E-state index in [-0.39, 0.29) is 17.3 Å². The van der Waals surface area contributed by atoms with Gasteiger partial charge in [0.1, 0.15) is 5.82 Å². The van der Waals surface area contributed by atoms with Crippen LogP contribution in [0.15, 0.2) is 41.3 Å². The zero-order valence-electron chi connectivity index (χ0n) is 17.0. The lowest BCUT2D eigenvalue weighted by atomic mass is 10.2. The van der Waals surface area contributed by atoms with Gasteiger partial charge in [-0.05, 0) is 42.8 Å². The Labute approximate surface area is 175 Å². The molecule has 1 heterocycles. The highest BCUT2D eigenvalue weighted by molar-refractivity contribution is 7.89. The van der Waals surface area contributed by atoms with Gasteiger partial charge in [-0.3, -0.25) is 4.79 Å². The fourth-order valence-corrected chi connectivity index (χ4v) is 4.70. The second kappa shape index (κ2) is 7.78. The molecule has 3 aromatic rings. The Morgan fingerprint density at radius 3 is 2.52 bits per heavy atom. The lowest BCUT2D eigenvalue weighted by Gasteiger charge is -2.18. The summed E-state index contributed by atoms with van der Waals surface area (Å²) in [6, 6.07) is 10.1. The van der Waals surface area contributed by atoms with E-state index in [0.29, 0.717) is 27.5 Å². The molecule has 0 bridgehead atoms. The first-order chi connectivity index (χ1) is 13.5. The van der Waals surface area contributed by atoms with Crippen molar-refractivity contribution in [3.05, 3.63) is 58.4 Å². The summed E-state index contributed by atoms with van der Waals surface area (Å²) in [6.07, 6.45) is 0. The lowest BCUT2D eigenvalue weighted by molar-refractivity contribution is 0.0827. The number of fused-ring (bicyclic) bond motifs is 1. The molecule has 0 saturated heterocycles. The molecule has 0 unspecified atom stereocenters. The molecule has 9 heteroatoms. The second-order valence-corrected chi connectivity index (χ2v) is 9.53. The van der Waals surface area contributed by atoms with Crippen molar-refractivity contribution in [2.75, 3.05) is 21.1 Å². The van der Waals surface area contributed by atoms with Crippen molar-refractivity contribution in [1.82, 2.24) is 18.8 Å². The molecule has 0 fully saturated rings. The van der Waals surface area contributed by atoms with Crippen molar-refractivity contribution in [1.29, 1.82) is 0 Å². The van der Waals surface area contributed by atoms with Gasteiger partial charge in [0, 0.05) is 38.8 Å². The normalized spacial score (nSPS) is 12.0. The molecule has 7 nitrogen and oxygen atoms in total. The summed E-state index contributed by atoms with van der Waals surface area (Å²) in [6.45, 7) is 1.76. The molecule has 0 N–H and O–H groups in total. The van der Waals surface area contributed by atoms with E-state index in [9.17, 15) is 13.2 Å². The largest absolute Gasteiger partial charge is 0.345 e.